The van der Waals surface area contributed by atoms with Crippen molar-refractivity contribution in [3.8, 4) is 0 Å². The predicted molar refractivity (Wildman–Crippen MR) is 147 cm³/mol. The van der Waals surface area contributed by atoms with E-state index in [4.69, 9.17) is 27.2 Å². The third kappa shape index (κ3) is 4.87. The standard InChI is InChI=1S/C29H27ClN4O4/c1-33(29(13-14-29)21-4-2-3-20(15-21)28(36)37)24-12-9-22(30)16-25(24)34(17-35)23-10-7-19(8-11-23)27(32)38-26(31)18-5-6-18/h2-4,7-12,15-18,31-32H,5-6,13-14H2,1H3,(H,36,37). The number of nitrogens with one attached hydrogen (secondary N) is 2. The van der Waals surface area contributed by atoms with E-state index in [0.29, 0.717) is 28.4 Å². The Labute approximate surface area is 225 Å². The van der Waals surface area contributed by atoms with Crippen molar-refractivity contribution in [1.82, 2.24) is 0 Å². The van der Waals surface area contributed by atoms with Gasteiger partial charge in [-0.1, -0.05) is 23.7 Å². The van der Waals surface area contributed by atoms with Crippen LogP contribution in [0.4, 0.5) is 17.1 Å². The van der Waals surface area contributed by atoms with Crippen LogP contribution in [0.1, 0.15) is 47.2 Å². The largest absolute Gasteiger partial charge is 0.478 e. The maximum atomic E-state index is 12.4. The summed E-state index contributed by atoms with van der Waals surface area (Å²) in [6, 6.07) is 19.1. The number of ether oxygens (including phenoxy) is 1. The number of rotatable bonds is 9. The molecule has 194 valence electrons. The fraction of sp³-hybridized carbons (Fsp3) is 0.241. The zero-order valence-electron chi connectivity index (χ0n) is 20.8. The van der Waals surface area contributed by atoms with Gasteiger partial charge in [0.15, 0.2) is 5.90 Å². The molecule has 3 aromatic carbocycles. The first-order valence-corrected chi connectivity index (χ1v) is 12.7. The summed E-state index contributed by atoms with van der Waals surface area (Å²) in [6.45, 7) is 0. The quantitative estimate of drug-likeness (QED) is 0.173. The van der Waals surface area contributed by atoms with E-state index in [1.165, 1.54) is 4.90 Å². The maximum absolute atomic E-state index is 12.4. The van der Waals surface area contributed by atoms with Crippen LogP contribution in [0.15, 0.2) is 66.7 Å². The van der Waals surface area contributed by atoms with Crippen molar-refractivity contribution >= 4 is 52.8 Å². The molecular formula is C29H27ClN4O4. The molecule has 3 N–H and O–H groups in total. The molecule has 1 amide bonds. The van der Waals surface area contributed by atoms with Crippen LogP contribution in [-0.4, -0.2) is 36.3 Å². The molecule has 3 aromatic rings. The highest BCUT2D eigenvalue weighted by Gasteiger charge is 2.49. The number of amides is 1. The summed E-state index contributed by atoms with van der Waals surface area (Å²) < 4.78 is 5.37. The summed E-state index contributed by atoms with van der Waals surface area (Å²) in [4.78, 5) is 27.5. The number of benzene rings is 3. The second-order valence-corrected chi connectivity index (χ2v) is 10.1. The molecular weight excluding hydrogens is 504 g/mol. The van der Waals surface area contributed by atoms with Crippen LogP contribution < -0.4 is 9.80 Å². The van der Waals surface area contributed by atoms with Gasteiger partial charge in [-0.3, -0.25) is 20.5 Å². The van der Waals surface area contributed by atoms with Gasteiger partial charge in [0, 0.05) is 29.2 Å². The second-order valence-electron chi connectivity index (χ2n) is 9.70. The van der Waals surface area contributed by atoms with Gasteiger partial charge in [0.2, 0.25) is 12.3 Å². The molecule has 0 spiro atoms. The third-order valence-electron chi connectivity index (χ3n) is 7.24. The van der Waals surface area contributed by atoms with Crippen molar-refractivity contribution in [2.24, 2.45) is 5.92 Å². The van der Waals surface area contributed by atoms with Crippen molar-refractivity contribution in [1.29, 1.82) is 10.8 Å². The molecule has 0 bridgehead atoms. The van der Waals surface area contributed by atoms with E-state index >= 15 is 0 Å². The van der Waals surface area contributed by atoms with Crippen LogP contribution in [0.3, 0.4) is 0 Å². The Kier molecular flexibility index (Phi) is 6.67. The fourth-order valence-electron chi connectivity index (χ4n) is 4.71. The van der Waals surface area contributed by atoms with Crippen LogP contribution in [0.25, 0.3) is 0 Å². The monoisotopic (exact) mass is 530 g/mol. The Morgan fingerprint density at radius 1 is 1.03 bits per heavy atom. The zero-order valence-corrected chi connectivity index (χ0v) is 21.5. The SMILES string of the molecule is CN(c1ccc(Cl)cc1N(C=O)c1ccc(C(=N)OC(=N)C2CC2)cc1)C1(c2cccc(C(=O)O)c2)CC1. The number of aromatic carboxylic acids is 1. The summed E-state index contributed by atoms with van der Waals surface area (Å²) in [7, 11) is 1.94. The van der Waals surface area contributed by atoms with E-state index in [-0.39, 0.29) is 23.3 Å². The number of halogens is 1. The molecule has 0 radical (unpaired) electrons. The van der Waals surface area contributed by atoms with Gasteiger partial charge < -0.3 is 14.7 Å². The van der Waals surface area contributed by atoms with Crippen LogP contribution in [0.5, 0.6) is 0 Å². The summed E-state index contributed by atoms with van der Waals surface area (Å²) in [5, 5.41) is 26.0. The van der Waals surface area contributed by atoms with Crippen LogP contribution in [0, 0.1) is 16.7 Å². The predicted octanol–water partition coefficient (Wildman–Crippen LogP) is 6.19. The lowest BCUT2D eigenvalue weighted by molar-refractivity contribution is -0.106. The number of hydrogen-bond donors (Lipinski definition) is 3. The van der Waals surface area contributed by atoms with E-state index in [2.05, 4.69) is 4.90 Å². The van der Waals surface area contributed by atoms with Gasteiger partial charge in [-0.05, 0) is 85.8 Å². The van der Waals surface area contributed by atoms with Gasteiger partial charge in [0.1, 0.15) is 0 Å². The molecule has 0 unspecified atom stereocenters. The lowest BCUT2D eigenvalue weighted by atomic mass is 9.99. The number of carboxylic acids is 1. The van der Waals surface area contributed by atoms with Gasteiger partial charge >= 0.3 is 5.97 Å². The van der Waals surface area contributed by atoms with Gasteiger partial charge in [0.05, 0.1) is 22.5 Å². The Bertz CT molecular complexity index is 1430. The first-order chi connectivity index (χ1) is 18.2. The van der Waals surface area contributed by atoms with Gasteiger partial charge in [0.25, 0.3) is 0 Å². The molecule has 9 heteroatoms. The van der Waals surface area contributed by atoms with Gasteiger partial charge in [-0.2, -0.15) is 0 Å². The molecule has 2 aliphatic carbocycles. The topological polar surface area (TPSA) is 118 Å². The molecule has 8 nitrogen and oxygen atoms in total. The Morgan fingerprint density at radius 3 is 2.34 bits per heavy atom. The summed E-state index contributed by atoms with van der Waals surface area (Å²) in [6.07, 6.45) is 4.22. The summed E-state index contributed by atoms with van der Waals surface area (Å²) >= 11 is 6.37. The van der Waals surface area contributed by atoms with Crippen LogP contribution >= 0.6 is 11.6 Å². The Morgan fingerprint density at radius 2 is 1.74 bits per heavy atom. The number of hydrogen-bond acceptors (Lipinski definition) is 6. The molecule has 0 heterocycles. The van der Waals surface area contributed by atoms with Crippen LogP contribution in [-0.2, 0) is 15.1 Å². The van der Waals surface area contributed by atoms with Gasteiger partial charge in [-0.25, -0.2) is 4.79 Å². The molecule has 2 fully saturated rings. The molecule has 0 saturated heterocycles. The molecule has 5 rings (SSSR count). The van der Waals surface area contributed by atoms with Crippen molar-refractivity contribution < 1.29 is 19.4 Å². The van der Waals surface area contributed by atoms with Crippen LogP contribution in [0.2, 0.25) is 5.02 Å². The summed E-state index contributed by atoms with van der Waals surface area (Å²) in [5.74, 6) is -0.854. The molecule has 0 aromatic heterocycles. The maximum Gasteiger partial charge on any atom is 0.335 e. The Hall–Kier alpha value is -4.17. The lowest BCUT2D eigenvalue weighted by Crippen LogP contribution is -2.33. The molecule has 2 aliphatic rings. The first-order valence-electron chi connectivity index (χ1n) is 12.3. The second kappa shape index (κ2) is 9.95. The normalized spacial score (nSPS) is 15.3. The molecule has 0 atom stereocenters. The van der Waals surface area contributed by atoms with E-state index in [9.17, 15) is 14.7 Å². The first kappa shape index (κ1) is 25.5. The summed E-state index contributed by atoms with van der Waals surface area (Å²) in [5.41, 5.74) is 3.15. The van der Waals surface area contributed by atoms with Crippen molar-refractivity contribution in [3.63, 3.8) is 0 Å². The minimum Gasteiger partial charge on any atom is -0.478 e. The average molecular weight is 531 g/mol. The number of carboxylic acid groups (broad SMARTS) is 1. The lowest BCUT2D eigenvalue weighted by Gasteiger charge is -2.34. The van der Waals surface area contributed by atoms with Crippen molar-refractivity contribution in [2.45, 2.75) is 31.2 Å². The highest BCUT2D eigenvalue weighted by Crippen LogP contribution is 2.54. The number of anilines is 3. The Balaban J connectivity index is 1.45. The highest BCUT2D eigenvalue weighted by atomic mass is 35.5. The van der Waals surface area contributed by atoms with E-state index in [1.807, 2.05) is 19.2 Å². The van der Waals surface area contributed by atoms with E-state index < -0.39 is 11.5 Å². The highest BCUT2D eigenvalue weighted by molar-refractivity contribution is 6.31. The van der Waals surface area contributed by atoms with Crippen molar-refractivity contribution in [3.05, 3.63) is 88.4 Å². The smallest absolute Gasteiger partial charge is 0.335 e. The zero-order chi connectivity index (χ0) is 27.0. The van der Waals surface area contributed by atoms with Gasteiger partial charge in [-0.15, -0.1) is 0 Å². The average Bonchev–Trinajstić information content (AvgIpc) is 3.83. The number of nitrogens with zero attached hydrogens (tertiary/aromatic N) is 2. The molecule has 0 aliphatic heterocycles. The molecule has 38 heavy (non-hydrogen) atoms. The minimum absolute atomic E-state index is 0.103. The number of carbonyl (C=O) groups excluding carboxylic acids is 1. The number of carbonyl (C=O) groups is 2. The van der Waals surface area contributed by atoms with Crippen molar-refractivity contribution in [2.75, 3.05) is 16.8 Å². The van der Waals surface area contributed by atoms with E-state index in [0.717, 1.165) is 36.9 Å². The fourth-order valence-corrected chi connectivity index (χ4v) is 4.88. The minimum atomic E-state index is -0.976. The van der Waals surface area contributed by atoms with E-state index in [1.54, 1.807) is 54.6 Å². The molecule has 2 saturated carbocycles. The third-order valence-corrected chi connectivity index (χ3v) is 7.48.